The fourth-order valence-corrected chi connectivity index (χ4v) is 3.88. The van der Waals surface area contributed by atoms with E-state index < -0.39 is 6.10 Å². The fourth-order valence-electron chi connectivity index (χ4n) is 3.88. The molecule has 28 heavy (non-hydrogen) atoms. The molecule has 0 unspecified atom stereocenters. The summed E-state index contributed by atoms with van der Waals surface area (Å²) in [6.45, 7) is 6.06. The van der Waals surface area contributed by atoms with Gasteiger partial charge in [-0.2, -0.15) is 4.98 Å². The van der Waals surface area contributed by atoms with Gasteiger partial charge in [0.25, 0.3) is 0 Å². The standard InChI is InChI=1S/C21H27N5O2/c1-12-8-18(22-3)26-21(24-12)25-17-10-15-5-7-28-20(15)19(13(17)2)14-4-6-23-11-16(27)9-14/h4,8,10,16,23,27H,5-7,9,11H2,1-3H3,(H2,22,24,25,26)/t16-/m0/s1. The number of rotatable bonds is 4. The summed E-state index contributed by atoms with van der Waals surface area (Å²) in [5.74, 6) is 2.29. The van der Waals surface area contributed by atoms with Crippen LogP contribution in [0.2, 0.25) is 0 Å². The van der Waals surface area contributed by atoms with Gasteiger partial charge in [-0.3, -0.25) is 0 Å². The molecule has 1 aromatic heterocycles. The number of aromatic nitrogens is 2. The van der Waals surface area contributed by atoms with Crippen molar-refractivity contribution in [2.24, 2.45) is 0 Å². The van der Waals surface area contributed by atoms with Crippen LogP contribution in [0.3, 0.4) is 0 Å². The number of anilines is 3. The van der Waals surface area contributed by atoms with E-state index in [1.165, 1.54) is 5.56 Å². The third-order valence-corrected chi connectivity index (χ3v) is 5.24. The second-order valence-corrected chi connectivity index (χ2v) is 7.35. The molecule has 1 atom stereocenters. The summed E-state index contributed by atoms with van der Waals surface area (Å²) >= 11 is 0. The van der Waals surface area contributed by atoms with Gasteiger partial charge in [0.1, 0.15) is 11.6 Å². The lowest BCUT2D eigenvalue weighted by atomic mass is 9.91. The minimum Gasteiger partial charge on any atom is -0.492 e. The molecule has 2 aliphatic rings. The molecule has 4 N–H and O–H groups in total. The van der Waals surface area contributed by atoms with Crippen molar-refractivity contribution in [3.8, 4) is 5.75 Å². The zero-order chi connectivity index (χ0) is 19.7. The Balaban J connectivity index is 1.77. The number of hydrogen-bond acceptors (Lipinski definition) is 7. The second-order valence-electron chi connectivity index (χ2n) is 7.35. The molecular weight excluding hydrogens is 354 g/mol. The van der Waals surface area contributed by atoms with Crippen LogP contribution < -0.4 is 20.7 Å². The van der Waals surface area contributed by atoms with Gasteiger partial charge in [0.05, 0.1) is 12.7 Å². The van der Waals surface area contributed by atoms with Gasteiger partial charge in [-0.05, 0) is 31.1 Å². The minimum atomic E-state index is -0.403. The Hall–Kier alpha value is -2.64. The second kappa shape index (κ2) is 7.77. The Labute approximate surface area is 165 Å². The average molecular weight is 381 g/mol. The molecule has 2 aromatic rings. The zero-order valence-electron chi connectivity index (χ0n) is 16.6. The molecule has 7 nitrogen and oxygen atoms in total. The van der Waals surface area contributed by atoms with Crippen LogP contribution >= 0.6 is 0 Å². The first-order valence-electron chi connectivity index (χ1n) is 9.73. The Morgan fingerprint density at radius 3 is 2.93 bits per heavy atom. The number of fused-ring (bicyclic) bond motifs is 1. The van der Waals surface area contributed by atoms with E-state index in [-0.39, 0.29) is 0 Å². The van der Waals surface area contributed by atoms with E-state index in [4.69, 9.17) is 4.74 Å². The molecule has 3 heterocycles. The molecule has 0 saturated heterocycles. The number of hydrogen-bond donors (Lipinski definition) is 4. The van der Waals surface area contributed by atoms with Crippen molar-refractivity contribution in [2.45, 2.75) is 32.8 Å². The van der Waals surface area contributed by atoms with E-state index in [9.17, 15) is 5.11 Å². The number of benzene rings is 1. The van der Waals surface area contributed by atoms with Gasteiger partial charge in [-0.25, -0.2) is 4.98 Å². The highest BCUT2D eigenvalue weighted by atomic mass is 16.5. The van der Waals surface area contributed by atoms with Crippen molar-refractivity contribution in [3.63, 3.8) is 0 Å². The van der Waals surface area contributed by atoms with Gasteiger partial charge < -0.3 is 25.8 Å². The number of ether oxygens (including phenoxy) is 1. The molecule has 4 rings (SSSR count). The largest absolute Gasteiger partial charge is 0.492 e. The molecule has 0 fully saturated rings. The number of nitrogens with one attached hydrogen (secondary N) is 3. The summed E-state index contributed by atoms with van der Waals surface area (Å²) in [5, 5.41) is 20.0. The van der Waals surface area contributed by atoms with Crippen molar-refractivity contribution in [3.05, 3.63) is 40.6 Å². The lowest BCUT2D eigenvalue weighted by Gasteiger charge is -2.20. The molecular formula is C21H27N5O2. The van der Waals surface area contributed by atoms with Crippen LogP contribution in [0.5, 0.6) is 5.75 Å². The Kier molecular flexibility index (Phi) is 5.19. The van der Waals surface area contributed by atoms with E-state index in [0.29, 0.717) is 25.5 Å². The number of β-amino-alcohol motifs (C(OH)–C–C–N with tert-alkyl or cyclic N) is 1. The molecule has 0 spiro atoms. The van der Waals surface area contributed by atoms with Crippen LogP contribution in [0.4, 0.5) is 17.5 Å². The van der Waals surface area contributed by atoms with Gasteiger partial charge in [-0.15, -0.1) is 0 Å². The molecule has 0 amide bonds. The fraction of sp³-hybridized carbons (Fsp3) is 0.429. The average Bonchev–Trinajstić information content (AvgIpc) is 3.01. The van der Waals surface area contributed by atoms with Crippen LogP contribution in [0.15, 0.2) is 18.2 Å². The molecule has 7 heteroatoms. The first kappa shape index (κ1) is 18.7. The summed E-state index contributed by atoms with van der Waals surface area (Å²) in [7, 11) is 1.85. The van der Waals surface area contributed by atoms with Gasteiger partial charge >= 0.3 is 0 Å². The molecule has 0 saturated carbocycles. The Morgan fingerprint density at radius 2 is 2.11 bits per heavy atom. The summed E-state index contributed by atoms with van der Waals surface area (Å²) in [5.41, 5.74) is 6.33. The Morgan fingerprint density at radius 1 is 1.25 bits per heavy atom. The van der Waals surface area contributed by atoms with Crippen molar-refractivity contribution < 1.29 is 9.84 Å². The summed E-state index contributed by atoms with van der Waals surface area (Å²) in [6.07, 6.45) is 3.24. The molecule has 2 aliphatic heterocycles. The van der Waals surface area contributed by atoms with Gasteiger partial charge in [-0.1, -0.05) is 6.08 Å². The topological polar surface area (TPSA) is 91.3 Å². The van der Waals surface area contributed by atoms with Crippen LogP contribution in [-0.4, -0.2) is 47.9 Å². The van der Waals surface area contributed by atoms with Crippen LogP contribution in [0.25, 0.3) is 5.57 Å². The maximum Gasteiger partial charge on any atom is 0.229 e. The van der Waals surface area contributed by atoms with Crippen LogP contribution in [-0.2, 0) is 6.42 Å². The molecule has 0 bridgehead atoms. The molecule has 1 aromatic carbocycles. The molecule has 148 valence electrons. The SMILES string of the molecule is CNc1cc(C)nc(Nc2cc3c(c(C4=CCNC[C@@H](O)C4)c2C)OCC3)n1. The summed E-state index contributed by atoms with van der Waals surface area (Å²) < 4.78 is 5.99. The normalized spacial score (nSPS) is 18.7. The minimum absolute atomic E-state index is 0.403. The third-order valence-electron chi connectivity index (χ3n) is 5.24. The van der Waals surface area contributed by atoms with Gasteiger partial charge in [0.2, 0.25) is 5.95 Å². The van der Waals surface area contributed by atoms with Crippen molar-refractivity contribution in [1.29, 1.82) is 0 Å². The lowest BCUT2D eigenvalue weighted by molar-refractivity contribution is 0.180. The van der Waals surface area contributed by atoms with E-state index in [0.717, 1.165) is 52.6 Å². The molecule has 0 radical (unpaired) electrons. The van der Waals surface area contributed by atoms with Gasteiger partial charge in [0.15, 0.2) is 0 Å². The number of aliphatic hydroxyl groups is 1. The highest BCUT2D eigenvalue weighted by Gasteiger charge is 2.25. The van der Waals surface area contributed by atoms with Crippen molar-refractivity contribution in [1.82, 2.24) is 15.3 Å². The smallest absolute Gasteiger partial charge is 0.229 e. The number of aliphatic hydroxyl groups excluding tert-OH is 1. The zero-order valence-corrected chi connectivity index (χ0v) is 16.6. The van der Waals surface area contributed by atoms with E-state index in [1.807, 2.05) is 20.0 Å². The van der Waals surface area contributed by atoms with Crippen LogP contribution in [0, 0.1) is 13.8 Å². The molecule has 0 aliphatic carbocycles. The first-order valence-corrected chi connectivity index (χ1v) is 9.73. The highest BCUT2D eigenvalue weighted by Crippen LogP contribution is 2.42. The first-order chi connectivity index (χ1) is 13.5. The lowest BCUT2D eigenvalue weighted by Crippen LogP contribution is -2.24. The number of nitrogens with zero attached hydrogens (tertiary/aromatic N) is 2. The van der Waals surface area contributed by atoms with E-state index in [1.54, 1.807) is 0 Å². The van der Waals surface area contributed by atoms with Gasteiger partial charge in [0, 0.05) is 61.6 Å². The quantitative estimate of drug-likeness (QED) is 0.647. The maximum atomic E-state index is 10.3. The third kappa shape index (κ3) is 3.68. The Bertz CT molecular complexity index is 925. The predicted octanol–water partition coefficient (Wildman–Crippen LogP) is 2.55. The highest BCUT2D eigenvalue weighted by molar-refractivity contribution is 5.81. The van der Waals surface area contributed by atoms with Crippen molar-refractivity contribution >= 4 is 23.0 Å². The maximum absolute atomic E-state index is 10.3. The monoisotopic (exact) mass is 381 g/mol. The predicted molar refractivity (Wildman–Crippen MR) is 111 cm³/mol. The summed E-state index contributed by atoms with van der Waals surface area (Å²) in [6, 6.07) is 4.04. The number of aryl methyl sites for hydroxylation is 1. The van der Waals surface area contributed by atoms with Crippen molar-refractivity contribution in [2.75, 3.05) is 37.4 Å². The van der Waals surface area contributed by atoms with E-state index >= 15 is 0 Å². The van der Waals surface area contributed by atoms with E-state index in [2.05, 4.69) is 45.0 Å². The van der Waals surface area contributed by atoms with Crippen LogP contribution in [0.1, 0.15) is 28.8 Å². The summed E-state index contributed by atoms with van der Waals surface area (Å²) in [4.78, 5) is 9.04.